The first-order valence-corrected chi connectivity index (χ1v) is 13.1. The molecule has 2 heterocycles. The summed E-state index contributed by atoms with van der Waals surface area (Å²) in [5.41, 5.74) is 3.42. The van der Waals surface area contributed by atoms with Gasteiger partial charge < -0.3 is 19.9 Å². The molecule has 0 spiro atoms. The second-order valence-electron chi connectivity index (χ2n) is 10.8. The fourth-order valence-corrected chi connectivity index (χ4v) is 6.59. The van der Waals surface area contributed by atoms with E-state index < -0.39 is 12.1 Å². The molecule has 2 aromatic rings. The summed E-state index contributed by atoms with van der Waals surface area (Å²) in [6, 6.07) is 6.14. The molecular weight excluding hydrogens is 428 g/mol. The zero-order valence-corrected chi connectivity index (χ0v) is 20.7. The Kier molecular flexibility index (Phi) is 6.54. The van der Waals surface area contributed by atoms with Gasteiger partial charge in [0.05, 0.1) is 24.2 Å². The molecule has 2 saturated carbocycles. The molecule has 7 nitrogen and oxygen atoms in total. The van der Waals surface area contributed by atoms with Gasteiger partial charge >= 0.3 is 6.09 Å². The van der Waals surface area contributed by atoms with Gasteiger partial charge in [-0.1, -0.05) is 45.6 Å². The lowest BCUT2D eigenvalue weighted by Crippen LogP contribution is -2.53. The molecule has 34 heavy (non-hydrogen) atoms. The number of nitrogens with one attached hydrogen (secondary N) is 2. The lowest BCUT2D eigenvalue weighted by molar-refractivity contribution is -0.138. The van der Waals surface area contributed by atoms with E-state index in [4.69, 9.17) is 9.72 Å². The summed E-state index contributed by atoms with van der Waals surface area (Å²) in [7, 11) is 1.33. The van der Waals surface area contributed by atoms with Crippen molar-refractivity contribution >= 4 is 23.0 Å². The fraction of sp³-hybridized carbons (Fsp3) is 0.667. The minimum Gasteiger partial charge on any atom is -0.453 e. The number of ether oxygens (including phenoxy) is 1. The van der Waals surface area contributed by atoms with Crippen LogP contribution in [0.3, 0.4) is 0 Å². The van der Waals surface area contributed by atoms with Crippen molar-refractivity contribution in [3.05, 3.63) is 29.6 Å². The van der Waals surface area contributed by atoms with E-state index in [1.54, 1.807) is 0 Å². The summed E-state index contributed by atoms with van der Waals surface area (Å²) >= 11 is 0. The Morgan fingerprint density at radius 3 is 2.59 bits per heavy atom. The number of hydrogen-bond acceptors (Lipinski definition) is 4. The first-order chi connectivity index (χ1) is 16.5. The number of aromatic nitrogens is 2. The summed E-state index contributed by atoms with van der Waals surface area (Å²) in [5, 5.41) is 2.79. The number of benzene rings is 1. The molecule has 5 rings (SSSR count). The van der Waals surface area contributed by atoms with Gasteiger partial charge in [0, 0.05) is 6.04 Å². The van der Waals surface area contributed by atoms with Crippen LogP contribution in [0.4, 0.5) is 4.79 Å². The quantitative estimate of drug-likeness (QED) is 0.615. The number of alkyl carbamates (subject to hydrolysis) is 1. The molecule has 7 heteroatoms. The number of amides is 2. The highest BCUT2D eigenvalue weighted by atomic mass is 16.5. The SMILES string of the molecule is COC(=O)N[C@H](C(=O)N1[C@H](c2nc3cc(C4CCCC4)ccc3[nH]2)C[C@@H]2CCCC[C@@H]21)C(C)C. The number of H-pyrrole nitrogens is 1. The molecule has 0 radical (unpaired) electrons. The van der Waals surface area contributed by atoms with E-state index in [-0.39, 0.29) is 23.9 Å². The molecule has 4 atom stereocenters. The van der Waals surface area contributed by atoms with Crippen LogP contribution in [0, 0.1) is 11.8 Å². The molecule has 3 aliphatic rings. The Balaban J connectivity index is 1.47. The Labute approximate surface area is 202 Å². The highest BCUT2D eigenvalue weighted by Crippen LogP contribution is 2.46. The van der Waals surface area contributed by atoms with Crippen molar-refractivity contribution in [3.8, 4) is 0 Å². The Hall–Kier alpha value is -2.57. The summed E-state index contributed by atoms with van der Waals surface area (Å²) in [6.45, 7) is 3.93. The fourth-order valence-electron chi connectivity index (χ4n) is 6.59. The van der Waals surface area contributed by atoms with Crippen molar-refractivity contribution in [2.24, 2.45) is 11.8 Å². The van der Waals surface area contributed by atoms with Crippen LogP contribution in [0.1, 0.15) is 95.0 Å². The lowest BCUT2D eigenvalue weighted by atomic mass is 9.84. The Morgan fingerprint density at radius 2 is 1.85 bits per heavy atom. The Bertz CT molecular complexity index is 1040. The van der Waals surface area contributed by atoms with Gasteiger partial charge in [0.2, 0.25) is 5.91 Å². The third-order valence-electron chi connectivity index (χ3n) is 8.40. The number of likely N-dealkylation sites (tertiary alicyclic amines) is 1. The minimum atomic E-state index is -0.617. The van der Waals surface area contributed by atoms with Crippen LogP contribution in [-0.4, -0.2) is 46.1 Å². The van der Waals surface area contributed by atoms with E-state index >= 15 is 0 Å². The third-order valence-corrected chi connectivity index (χ3v) is 8.40. The van der Waals surface area contributed by atoms with Crippen molar-refractivity contribution in [1.29, 1.82) is 0 Å². The van der Waals surface area contributed by atoms with Crippen molar-refractivity contribution in [3.63, 3.8) is 0 Å². The minimum absolute atomic E-state index is 0.0214. The molecule has 0 bridgehead atoms. The smallest absolute Gasteiger partial charge is 0.407 e. The molecule has 1 aromatic carbocycles. The van der Waals surface area contributed by atoms with Crippen molar-refractivity contribution in [1.82, 2.24) is 20.2 Å². The van der Waals surface area contributed by atoms with Gasteiger partial charge in [-0.15, -0.1) is 0 Å². The largest absolute Gasteiger partial charge is 0.453 e. The maximum absolute atomic E-state index is 13.9. The number of rotatable bonds is 5. The normalized spacial score (nSPS) is 26.1. The van der Waals surface area contributed by atoms with E-state index in [0.29, 0.717) is 11.8 Å². The lowest BCUT2D eigenvalue weighted by Gasteiger charge is -2.36. The van der Waals surface area contributed by atoms with Crippen LogP contribution < -0.4 is 5.32 Å². The molecule has 1 saturated heterocycles. The molecule has 2 amide bonds. The Morgan fingerprint density at radius 1 is 1.12 bits per heavy atom. The number of carbonyl (C=O) groups is 2. The van der Waals surface area contributed by atoms with Crippen LogP contribution >= 0.6 is 0 Å². The third kappa shape index (κ3) is 4.29. The number of hydrogen-bond donors (Lipinski definition) is 2. The van der Waals surface area contributed by atoms with Gasteiger partial charge in [-0.25, -0.2) is 9.78 Å². The zero-order chi connectivity index (χ0) is 23.8. The van der Waals surface area contributed by atoms with Gasteiger partial charge in [-0.3, -0.25) is 4.79 Å². The zero-order valence-electron chi connectivity index (χ0n) is 20.7. The molecular formula is C27H38N4O3. The molecule has 184 valence electrons. The van der Waals surface area contributed by atoms with Crippen molar-refractivity contribution in [2.75, 3.05) is 7.11 Å². The predicted molar refractivity (Wildman–Crippen MR) is 131 cm³/mol. The number of carbonyl (C=O) groups excluding carboxylic acids is 2. The molecule has 3 fully saturated rings. The highest BCUT2D eigenvalue weighted by molar-refractivity contribution is 5.87. The first-order valence-electron chi connectivity index (χ1n) is 13.1. The summed E-state index contributed by atoms with van der Waals surface area (Å²) in [4.78, 5) is 36.6. The maximum Gasteiger partial charge on any atom is 0.407 e. The monoisotopic (exact) mass is 466 g/mol. The molecule has 1 aromatic heterocycles. The van der Waals surface area contributed by atoms with E-state index in [1.807, 2.05) is 13.8 Å². The molecule has 2 aliphatic carbocycles. The van der Waals surface area contributed by atoms with Crippen LogP contribution in [-0.2, 0) is 9.53 Å². The second-order valence-corrected chi connectivity index (χ2v) is 10.8. The number of methoxy groups -OCH3 is 1. The summed E-state index contributed by atoms with van der Waals surface area (Å²) < 4.78 is 4.82. The highest BCUT2D eigenvalue weighted by Gasteiger charge is 2.48. The van der Waals surface area contributed by atoms with Gasteiger partial charge in [0.25, 0.3) is 0 Å². The summed E-state index contributed by atoms with van der Waals surface area (Å²) in [6.07, 6.45) is 10.0. The first kappa shape index (κ1) is 23.2. The van der Waals surface area contributed by atoms with Gasteiger partial charge in [-0.2, -0.15) is 0 Å². The van der Waals surface area contributed by atoms with Crippen molar-refractivity contribution in [2.45, 2.75) is 95.7 Å². The van der Waals surface area contributed by atoms with Gasteiger partial charge in [0.15, 0.2) is 0 Å². The summed E-state index contributed by atoms with van der Waals surface area (Å²) in [5.74, 6) is 1.94. The van der Waals surface area contributed by atoms with E-state index in [1.165, 1.54) is 44.8 Å². The van der Waals surface area contributed by atoms with Gasteiger partial charge in [0.1, 0.15) is 11.9 Å². The van der Waals surface area contributed by atoms with E-state index in [2.05, 4.69) is 33.4 Å². The standard InChI is InChI=1S/C27H38N4O3/c1-16(2)24(30-27(33)34-3)26(32)31-22-11-7-6-10-19(22)15-23(31)25-28-20-13-12-18(14-21(20)29-25)17-8-4-5-9-17/h12-14,16-17,19,22-24H,4-11,15H2,1-3H3,(H,28,29)(H,30,33)/t19-,22-,23-,24-/m0/s1. The number of aromatic amines is 1. The van der Waals surface area contributed by atoms with Crippen LogP contribution in [0.5, 0.6) is 0 Å². The molecule has 0 unspecified atom stereocenters. The topological polar surface area (TPSA) is 87.3 Å². The predicted octanol–water partition coefficient (Wildman–Crippen LogP) is 5.43. The average molecular weight is 467 g/mol. The van der Waals surface area contributed by atoms with Crippen LogP contribution in [0.25, 0.3) is 11.0 Å². The number of fused-ring (bicyclic) bond motifs is 2. The maximum atomic E-state index is 13.9. The average Bonchev–Trinajstić information content (AvgIpc) is 3.58. The van der Waals surface area contributed by atoms with Crippen LogP contribution in [0.2, 0.25) is 0 Å². The number of nitrogens with zero attached hydrogens (tertiary/aromatic N) is 2. The molecule has 2 N–H and O–H groups in total. The number of imidazole rings is 1. The van der Waals surface area contributed by atoms with Crippen LogP contribution in [0.15, 0.2) is 18.2 Å². The van der Waals surface area contributed by atoms with E-state index in [9.17, 15) is 9.59 Å². The van der Waals surface area contributed by atoms with E-state index in [0.717, 1.165) is 42.5 Å². The van der Waals surface area contributed by atoms with Crippen molar-refractivity contribution < 1.29 is 14.3 Å². The molecule has 1 aliphatic heterocycles. The van der Waals surface area contributed by atoms with Gasteiger partial charge in [-0.05, 0) is 67.6 Å². The second kappa shape index (κ2) is 9.59.